The first kappa shape index (κ1) is 17.1. The first-order valence-corrected chi connectivity index (χ1v) is 8.73. The molecule has 0 amide bonds. The van der Waals surface area contributed by atoms with E-state index in [0.29, 0.717) is 17.2 Å². The molecule has 26 heavy (non-hydrogen) atoms. The number of hydrogen-bond acceptors (Lipinski definition) is 5. The number of nitrogens with zero attached hydrogens (tertiary/aromatic N) is 1. The van der Waals surface area contributed by atoms with Crippen LogP contribution in [0.15, 0.2) is 47.2 Å². The monoisotopic (exact) mass is 351 g/mol. The molecule has 0 saturated carbocycles. The lowest BCUT2D eigenvalue weighted by atomic mass is 9.76. The van der Waals surface area contributed by atoms with Crippen LogP contribution >= 0.6 is 0 Å². The van der Waals surface area contributed by atoms with Crippen LogP contribution in [-0.4, -0.2) is 23.3 Å². The molecule has 0 unspecified atom stereocenters. The minimum absolute atomic E-state index is 0.363. The Morgan fingerprint density at radius 3 is 2.42 bits per heavy atom. The van der Waals surface area contributed by atoms with Gasteiger partial charge in [0.1, 0.15) is 5.75 Å². The summed E-state index contributed by atoms with van der Waals surface area (Å²) in [6.07, 6.45) is 3.34. The zero-order valence-electron chi connectivity index (χ0n) is 15.7. The molecule has 0 aliphatic carbocycles. The molecular formula is C20H22BNO4. The van der Waals surface area contributed by atoms with Crippen molar-refractivity contribution in [3.05, 3.63) is 48.4 Å². The van der Waals surface area contributed by atoms with Crippen LogP contribution in [0.3, 0.4) is 0 Å². The third kappa shape index (κ3) is 2.79. The second-order valence-electron chi connectivity index (χ2n) is 7.66. The van der Waals surface area contributed by atoms with E-state index in [4.69, 9.17) is 18.5 Å². The van der Waals surface area contributed by atoms with E-state index >= 15 is 0 Å². The highest BCUT2D eigenvalue weighted by Crippen LogP contribution is 2.37. The Labute approximate surface area is 153 Å². The van der Waals surface area contributed by atoms with Gasteiger partial charge < -0.3 is 18.5 Å². The minimum atomic E-state index is -0.388. The lowest BCUT2D eigenvalue weighted by Crippen LogP contribution is -2.41. The SMILES string of the molecule is Cc1cc(Oc2nccc3ccoc23)ccc1B1OC(C)(C)C(C)(C)O1. The van der Waals surface area contributed by atoms with E-state index in [1.54, 1.807) is 12.5 Å². The molecular weight excluding hydrogens is 329 g/mol. The van der Waals surface area contributed by atoms with Gasteiger partial charge in [-0.15, -0.1) is 0 Å². The molecule has 134 valence electrons. The molecule has 5 nitrogen and oxygen atoms in total. The van der Waals surface area contributed by atoms with Crippen molar-refractivity contribution in [2.45, 2.75) is 45.8 Å². The molecule has 0 radical (unpaired) electrons. The Bertz CT molecular complexity index is 947. The van der Waals surface area contributed by atoms with Gasteiger partial charge in [0, 0.05) is 11.6 Å². The van der Waals surface area contributed by atoms with E-state index in [2.05, 4.69) is 32.7 Å². The molecule has 0 N–H and O–H groups in total. The summed E-state index contributed by atoms with van der Waals surface area (Å²) in [5.41, 5.74) is 1.95. The van der Waals surface area contributed by atoms with Crippen molar-refractivity contribution < 1.29 is 18.5 Å². The smallest absolute Gasteiger partial charge is 0.459 e. The van der Waals surface area contributed by atoms with E-state index < -0.39 is 0 Å². The van der Waals surface area contributed by atoms with Crippen LogP contribution in [0.4, 0.5) is 0 Å². The Morgan fingerprint density at radius 2 is 1.73 bits per heavy atom. The van der Waals surface area contributed by atoms with Gasteiger partial charge in [0.05, 0.1) is 17.5 Å². The zero-order chi connectivity index (χ0) is 18.5. The van der Waals surface area contributed by atoms with Crippen molar-refractivity contribution in [2.75, 3.05) is 0 Å². The molecule has 4 rings (SSSR count). The Morgan fingerprint density at radius 1 is 1.00 bits per heavy atom. The summed E-state index contributed by atoms with van der Waals surface area (Å²) in [6, 6.07) is 9.62. The van der Waals surface area contributed by atoms with Crippen LogP contribution in [0.5, 0.6) is 11.6 Å². The number of aromatic nitrogens is 1. The third-order valence-electron chi connectivity index (χ3n) is 5.30. The second-order valence-corrected chi connectivity index (χ2v) is 7.66. The standard InChI is InChI=1S/C20H22BNO4/c1-13-12-15(24-18-17-14(8-10-22-18)9-11-23-17)6-7-16(13)21-25-19(2,3)20(4,5)26-21/h6-12H,1-5H3. The van der Waals surface area contributed by atoms with Crippen molar-refractivity contribution in [3.8, 4) is 11.6 Å². The number of pyridine rings is 1. The summed E-state index contributed by atoms with van der Waals surface area (Å²) >= 11 is 0. The Balaban J connectivity index is 1.60. The van der Waals surface area contributed by atoms with Gasteiger partial charge in [0.2, 0.25) is 0 Å². The molecule has 1 aromatic carbocycles. The first-order chi connectivity index (χ1) is 12.3. The number of ether oxygens (including phenoxy) is 1. The highest BCUT2D eigenvalue weighted by atomic mass is 16.7. The van der Waals surface area contributed by atoms with Crippen molar-refractivity contribution in [2.24, 2.45) is 0 Å². The molecule has 0 spiro atoms. The maximum absolute atomic E-state index is 6.15. The van der Waals surface area contributed by atoms with Crippen LogP contribution in [0, 0.1) is 6.92 Å². The summed E-state index contributed by atoms with van der Waals surface area (Å²) in [6.45, 7) is 10.2. The quantitative estimate of drug-likeness (QED) is 0.661. The van der Waals surface area contributed by atoms with E-state index in [-0.39, 0.29) is 18.3 Å². The molecule has 1 aliphatic rings. The van der Waals surface area contributed by atoms with E-state index in [1.165, 1.54) is 0 Å². The van der Waals surface area contributed by atoms with E-state index in [9.17, 15) is 0 Å². The predicted octanol–water partition coefficient (Wildman–Crippen LogP) is 4.23. The molecule has 2 aromatic heterocycles. The van der Waals surface area contributed by atoms with E-state index in [0.717, 1.165) is 16.4 Å². The second kappa shape index (κ2) is 5.86. The normalized spacial score (nSPS) is 18.4. The molecule has 3 heterocycles. The van der Waals surface area contributed by atoms with Gasteiger partial charge in [-0.1, -0.05) is 6.07 Å². The Kier molecular flexibility index (Phi) is 3.86. The molecule has 6 heteroatoms. The molecule has 0 bridgehead atoms. The third-order valence-corrected chi connectivity index (χ3v) is 5.30. The number of fused-ring (bicyclic) bond motifs is 1. The van der Waals surface area contributed by atoms with Crippen LogP contribution in [0.25, 0.3) is 11.0 Å². The lowest BCUT2D eigenvalue weighted by Gasteiger charge is -2.32. The maximum Gasteiger partial charge on any atom is 0.495 e. The molecule has 0 atom stereocenters. The van der Waals surface area contributed by atoms with Gasteiger partial charge in [0.15, 0.2) is 5.58 Å². The molecule has 1 aliphatic heterocycles. The van der Waals surface area contributed by atoms with Crippen LogP contribution < -0.4 is 10.2 Å². The average molecular weight is 351 g/mol. The number of hydrogen-bond donors (Lipinski definition) is 0. The van der Waals surface area contributed by atoms with Crippen LogP contribution in [0.2, 0.25) is 0 Å². The fourth-order valence-electron chi connectivity index (χ4n) is 3.00. The largest absolute Gasteiger partial charge is 0.495 e. The van der Waals surface area contributed by atoms with Crippen LogP contribution in [0.1, 0.15) is 33.3 Å². The van der Waals surface area contributed by atoms with Gasteiger partial charge in [-0.05, 0) is 69.9 Å². The first-order valence-electron chi connectivity index (χ1n) is 8.73. The molecule has 1 saturated heterocycles. The highest BCUT2D eigenvalue weighted by Gasteiger charge is 2.52. The summed E-state index contributed by atoms with van der Waals surface area (Å²) in [7, 11) is -0.388. The average Bonchev–Trinajstić information content (AvgIpc) is 3.10. The van der Waals surface area contributed by atoms with Gasteiger partial charge in [-0.25, -0.2) is 4.98 Å². The maximum atomic E-state index is 6.15. The molecule has 3 aromatic rings. The van der Waals surface area contributed by atoms with E-state index in [1.807, 2.05) is 37.3 Å². The zero-order valence-corrected chi connectivity index (χ0v) is 15.7. The van der Waals surface area contributed by atoms with Gasteiger partial charge in [-0.2, -0.15) is 0 Å². The molecule has 1 fully saturated rings. The van der Waals surface area contributed by atoms with Crippen molar-refractivity contribution in [1.82, 2.24) is 4.98 Å². The lowest BCUT2D eigenvalue weighted by molar-refractivity contribution is 0.00578. The summed E-state index contributed by atoms with van der Waals surface area (Å²) in [4.78, 5) is 4.28. The van der Waals surface area contributed by atoms with Crippen molar-refractivity contribution in [3.63, 3.8) is 0 Å². The summed E-state index contributed by atoms with van der Waals surface area (Å²) in [5.74, 6) is 1.15. The van der Waals surface area contributed by atoms with Crippen molar-refractivity contribution >= 4 is 23.6 Å². The fourth-order valence-corrected chi connectivity index (χ4v) is 3.00. The number of aryl methyl sites for hydroxylation is 1. The number of furan rings is 1. The minimum Gasteiger partial charge on any atom is -0.459 e. The van der Waals surface area contributed by atoms with Gasteiger partial charge in [-0.3, -0.25) is 0 Å². The predicted molar refractivity (Wildman–Crippen MR) is 101 cm³/mol. The van der Waals surface area contributed by atoms with Gasteiger partial charge >= 0.3 is 7.12 Å². The van der Waals surface area contributed by atoms with Gasteiger partial charge in [0.25, 0.3) is 5.88 Å². The fraction of sp³-hybridized carbons (Fsp3) is 0.350. The summed E-state index contributed by atoms with van der Waals surface area (Å²) < 4.78 is 23.7. The highest BCUT2D eigenvalue weighted by molar-refractivity contribution is 6.62. The Hall–Kier alpha value is -2.31. The summed E-state index contributed by atoms with van der Waals surface area (Å²) in [5, 5.41) is 0.959. The van der Waals surface area contributed by atoms with Crippen LogP contribution in [-0.2, 0) is 9.31 Å². The number of benzene rings is 1. The number of rotatable bonds is 3. The topological polar surface area (TPSA) is 53.7 Å². The van der Waals surface area contributed by atoms with Crippen molar-refractivity contribution in [1.29, 1.82) is 0 Å².